The van der Waals surface area contributed by atoms with E-state index in [2.05, 4.69) is 15.2 Å². The van der Waals surface area contributed by atoms with Crippen molar-refractivity contribution in [1.29, 1.82) is 0 Å². The number of benzene rings is 1. The fourth-order valence-corrected chi connectivity index (χ4v) is 5.08. The number of anilines is 1. The van der Waals surface area contributed by atoms with Gasteiger partial charge in [0.2, 0.25) is 0 Å². The van der Waals surface area contributed by atoms with Crippen molar-refractivity contribution in [3.05, 3.63) is 34.8 Å². The second kappa shape index (κ2) is 8.17. The topological polar surface area (TPSA) is 87.2 Å². The molecule has 2 atom stereocenters. The number of nitrogens with zero attached hydrogens (tertiary/aromatic N) is 3. The number of fused-ring (bicyclic) bond motifs is 1. The van der Waals surface area contributed by atoms with Crippen molar-refractivity contribution < 1.29 is 19.4 Å². The molecule has 1 aromatic carbocycles. The zero-order valence-corrected chi connectivity index (χ0v) is 17.4. The lowest BCUT2D eigenvalue weighted by atomic mass is 9.82. The molecule has 2 saturated heterocycles. The minimum atomic E-state index is -0.285. The SMILES string of the molecule is COc1ccc(OC)c(NC(=O)N2CC3CN(Cc4nccs4)CC3(CO)C2)c1. The van der Waals surface area contributed by atoms with Crippen molar-refractivity contribution in [2.45, 2.75) is 6.54 Å². The number of likely N-dealkylation sites (tertiary alicyclic amines) is 2. The predicted molar refractivity (Wildman–Crippen MR) is 111 cm³/mol. The summed E-state index contributed by atoms with van der Waals surface area (Å²) >= 11 is 1.65. The number of rotatable bonds is 6. The van der Waals surface area contributed by atoms with Crippen LogP contribution in [0.4, 0.5) is 10.5 Å². The van der Waals surface area contributed by atoms with Crippen LogP contribution in [0.15, 0.2) is 29.8 Å². The van der Waals surface area contributed by atoms with E-state index in [-0.39, 0.29) is 24.0 Å². The molecule has 0 radical (unpaired) electrons. The van der Waals surface area contributed by atoms with Gasteiger partial charge in [-0.2, -0.15) is 0 Å². The van der Waals surface area contributed by atoms with Crippen LogP contribution in [0.2, 0.25) is 0 Å². The van der Waals surface area contributed by atoms with E-state index in [9.17, 15) is 9.90 Å². The summed E-state index contributed by atoms with van der Waals surface area (Å²) in [7, 11) is 3.15. The molecule has 2 aromatic rings. The monoisotopic (exact) mass is 418 g/mol. The van der Waals surface area contributed by atoms with E-state index < -0.39 is 0 Å². The van der Waals surface area contributed by atoms with Gasteiger partial charge in [0.25, 0.3) is 0 Å². The van der Waals surface area contributed by atoms with Crippen LogP contribution < -0.4 is 14.8 Å². The summed E-state index contributed by atoms with van der Waals surface area (Å²) in [5.41, 5.74) is 0.282. The summed E-state index contributed by atoms with van der Waals surface area (Å²) in [6, 6.07) is 5.10. The highest BCUT2D eigenvalue weighted by Crippen LogP contribution is 2.43. The molecule has 9 heteroatoms. The van der Waals surface area contributed by atoms with Crippen molar-refractivity contribution >= 4 is 23.1 Å². The molecule has 29 heavy (non-hydrogen) atoms. The van der Waals surface area contributed by atoms with Gasteiger partial charge in [0, 0.05) is 55.2 Å². The molecule has 3 heterocycles. The van der Waals surface area contributed by atoms with E-state index in [1.165, 1.54) is 0 Å². The molecule has 2 aliphatic rings. The smallest absolute Gasteiger partial charge is 0.321 e. The van der Waals surface area contributed by atoms with Gasteiger partial charge in [0.05, 0.1) is 33.1 Å². The number of methoxy groups -OCH3 is 2. The van der Waals surface area contributed by atoms with E-state index in [1.54, 1.807) is 48.7 Å². The third-order valence-electron chi connectivity index (χ3n) is 5.92. The number of carbonyl (C=O) groups excluding carboxylic acids is 1. The number of carbonyl (C=O) groups is 1. The van der Waals surface area contributed by atoms with E-state index in [0.717, 1.165) is 24.6 Å². The Morgan fingerprint density at radius 1 is 1.34 bits per heavy atom. The van der Waals surface area contributed by atoms with Crippen LogP contribution >= 0.6 is 11.3 Å². The average Bonchev–Trinajstić information content (AvgIpc) is 3.43. The lowest BCUT2D eigenvalue weighted by Gasteiger charge is -2.27. The number of urea groups is 1. The summed E-state index contributed by atoms with van der Waals surface area (Å²) in [5, 5.41) is 16.2. The van der Waals surface area contributed by atoms with E-state index >= 15 is 0 Å². The van der Waals surface area contributed by atoms with Gasteiger partial charge >= 0.3 is 6.03 Å². The normalized spacial score (nSPS) is 23.8. The number of aliphatic hydroxyl groups excluding tert-OH is 1. The fraction of sp³-hybridized carbons (Fsp3) is 0.500. The summed E-state index contributed by atoms with van der Waals surface area (Å²) < 4.78 is 10.6. The summed E-state index contributed by atoms with van der Waals surface area (Å²) in [5.74, 6) is 1.46. The maximum absolute atomic E-state index is 12.9. The van der Waals surface area contributed by atoms with Crippen LogP contribution in [0.3, 0.4) is 0 Å². The van der Waals surface area contributed by atoms with Gasteiger partial charge in [-0.25, -0.2) is 9.78 Å². The number of aliphatic hydroxyl groups is 1. The maximum Gasteiger partial charge on any atom is 0.321 e. The Morgan fingerprint density at radius 3 is 2.86 bits per heavy atom. The van der Waals surface area contributed by atoms with Gasteiger partial charge in [-0.05, 0) is 12.1 Å². The second-order valence-electron chi connectivity index (χ2n) is 7.69. The molecule has 0 spiro atoms. The average molecular weight is 419 g/mol. The van der Waals surface area contributed by atoms with Gasteiger partial charge in [0.15, 0.2) is 0 Å². The summed E-state index contributed by atoms with van der Waals surface area (Å²) in [6.07, 6.45) is 1.82. The molecule has 2 aliphatic heterocycles. The second-order valence-corrected chi connectivity index (χ2v) is 8.67. The Labute approximate surface area is 174 Å². The minimum absolute atomic E-state index is 0.0678. The number of nitrogens with one attached hydrogen (secondary N) is 1. The van der Waals surface area contributed by atoms with Gasteiger partial charge in [0.1, 0.15) is 16.5 Å². The summed E-state index contributed by atoms with van der Waals surface area (Å²) in [6.45, 7) is 3.63. The Kier molecular flexibility index (Phi) is 5.62. The van der Waals surface area contributed by atoms with Crippen molar-refractivity contribution in [3.63, 3.8) is 0 Å². The van der Waals surface area contributed by atoms with Crippen LogP contribution in [0.5, 0.6) is 11.5 Å². The van der Waals surface area contributed by atoms with E-state index in [0.29, 0.717) is 30.3 Å². The molecule has 2 fully saturated rings. The first kappa shape index (κ1) is 19.9. The molecule has 2 amide bonds. The van der Waals surface area contributed by atoms with Crippen LogP contribution in [0.25, 0.3) is 0 Å². The lowest BCUT2D eigenvalue weighted by molar-refractivity contribution is 0.115. The molecule has 0 saturated carbocycles. The first-order chi connectivity index (χ1) is 14.1. The maximum atomic E-state index is 12.9. The Morgan fingerprint density at radius 2 is 2.21 bits per heavy atom. The number of ether oxygens (including phenoxy) is 2. The van der Waals surface area contributed by atoms with E-state index in [1.807, 2.05) is 11.6 Å². The van der Waals surface area contributed by atoms with Crippen molar-refractivity contribution in [2.24, 2.45) is 11.3 Å². The lowest BCUT2D eigenvalue weighted by Crippen LogP contribution is -2.40. The number of thiazole rings is 1. The molecule has 2 unspecified atom stereocenters. The number of aromatic nitrogens is 1. The van der Waals surface area contributed by atoms with Crippen molar-refractivity contribution in [3.8, 4) is 11.5 Å². The number of hydrogen-bond donors (Lipinski definition) is 2. The highest BCUT2D eigenvalue weighted by molar-refractivity contribution is 7.09. The van der Waals surface area contributed by atoms with Crippen LogP contribution in [0, 0.1) is 11.3 Å². The quantitative estimate of drug-likeness (QED) is 0.747. The van der Waals surface area contributed by atoms with Crippen LogP contribution in [-0.4, -0.2) is 72.9 Å². The van der Waals surface area contributed by atoms with Crippen LogP contribution in [-0.2, 0) is 6.54 Å². The van der Waals surface area contributed by atoms with Crippen molar-refractivity contribution in [2.75, 3.05) is 52.3 Å². The third kappa shape index (κ3) is 3.90. The van der Waals surface area contributed by atoms with Gasteiger partial charge in [-0.3, -0.25) is 4.90 Å². The van der Waals surface area contributed by atoms with Gasteiger partial charge < -0.3 is 24.8 Å². The van der Waals surface area contributed by atoms with E-state index in [4.69, 9.17) is 9.47 Å². The predicted octanol–water partition coefficient (Wildman–Crippen LogP) is 2.12. The molecule has 1 aromatic heterocycles. The van der Waals surface area contributed by atoms with Crippen LogP contribution in [0.1, 0.15) is 5.01 Å². The standard InChI is InChI=1S/C20H26N4O4S/c1-27-15-3-4-17(28-2)16(7-15)22-19(26)24-9-14-8-23(10-18-21-5-6-29-18)11-20(14,12-24)13-25/h3-7,14,25H,8-13H2,1-2H3,(H,22,26). The fourth-order valence-electron chi connectivity index (χ4n) is 4.42. The molecule has 2 N–H and O–H groups in total. The van der Waals surface area contributed by atoms with Gasteiger partial charge in [-0.15, -0.1) is 11.3 Å². The molecule has 8 nitrogen and oxygen atoms in total. The Hall–Kier alpha value is -2.36. The molecule has 4 rings (SSSR count). The largest absolute Gasteiger partial charge is 0.497 e. The third-order valence-corrected chi connectivity index (χ3v) is 6.69. The Balaban J connectivity index is 1.42. The zero-order valence-electron chi connectivity index (χ0n) is 16.6. The number of hydrogen-bond acceptors (Lipinski definition) is 7. The molecule has 156 valence electrons. The highest BCUT2D eigenvalue weighted by atomic mass is 32.1. The van der Waals surface area contributed by atoms with Crippen molar-refractivity contribution in [1.82, 2.24) is 14.8 Å². The first-order valence-corrected chi connectivity index (χ1v) is 10.4. The summed E-state index contributed by atoms with van der Waals surface area (Å²) in [4.78, 5) is 21.4. The van der Waals surface area contributed by atoms with Gasteiger partial charge in [-0.1, -0.05) is 0 Å². The minimum Gasteiger partial charge on any atom is -0.497 e. The molecule has 0 bridgehead atoms. The highest BCUT2D eigenvalue weighted by Gasteiger charge is 2.53. The zero-order chi connectivity index (χ0) is 20.4. The Bertz CT molecular complexity index is 862. The number of amides is 2. The molecular weight excluding hydrogens is 392 g/mol. The molecular formula is C20H26N4O4S. The first-order valence-electron chi connectivity index (χ1n) is 9.56. The molecule has 0 aliphatic carbocycles.